The van der Waals surface area contributed by atoms with E-state index in [0.29, 0.717) is 5.56 Å². The second-order valence-corrected chi connectivity index (χ2v) is 5.26. The molecule has 0 bridgehead atoms. The van der Waals surface area contributed by atoms with E-state index in [2.05, 4.69) is 10.1 Å². The minimum atomic E-state index is -2.91. The molecule has 0 saturated heterocycles. The highest BCUT2D eigenvalue weighted by Crippen LogP contribution is 2.21. The summed E-state index contributed by atoms with van der Waals surface area (Å²) in [4.78, 5) is 0. The predicted octanol–water partition coefficient (Wildman–Crippen LogP) is 3.95. The van der Waals surface area contributed by atoms with Crippen LogP contribution in [0.15, 0.2) is 42.5 Å². The maximum absolute atomic E-state index is 13.7. The molecule has 24 heavy (non-hydrogen) atoms. The number of nitrogens with one attached hydrogen (secondary N) is 1. The fourth-order valence-electron chi connectivity index (χ4n) is 2.24. The number of benzene rings is 2. The van der Waals surface area contributed by atoms with Crippen LogP contribution < -0.4 is 10.1 Å². The highest BCUT2D eigenvalue weighted by atomic mass is 19.3. The molecule has 0 radical (unpaired) electrons. The number of alkyl halides is 2. The molecule has 0 heterocycles. The largest absolute Gasteiger partial charge is 0.435 e. The van der Waals surface area contributed by atoms with E-state index >= 15 is 0 Å². The van der Waals surface area contributed by atoms with E-state index in [1.54, 1.807) is 6.92 Å². The Hall–Kier alpha value is -2.12. The minimum absolute atomic E-state index is 0.00402. The van der Waals surface area contributed by atoms with E-state index in [-0.39, 0.29) is 17.9 Å². The lowest BCUT2D eigenvalue weighted by Gasteiger charge is -2.18. The van der Waals surface area contributed by atoms with Crippen molar-refractivity contribution in [3.63, 3.8) is 0 Å². The number of ether oxygens (including phenoxy) is 1. The fourth-order valence-corrected chi connectivity index (χ4v) is 2.24. The zero-order chi connectivity index (χ0) is 17.7. The quantitative estimate of drug-likeness (QED) is 0.748. The molecule has 0 saturated carbocycles. The average Bonchev–Trinajstić information content (AvgIpc) is 2.52. The van der Waals surface area contributed by atoms with Gasteiger partial charge >= 0.3 is 6.61 Å². The Kier molecular flexibility index (Phi) is 6.16. The topological polar surface area (TPSA) is 41.5 Å². The van der Waals surface area contributed by atoms with Gasteiger partial charge in [-0.2, -0.15) is 8.78 Å². The van der Waals surface area contributed by atoms with Crippen molar-refractivity contribution in [2.75, 3.05) is 6.54 Å². The molecule has 2 aromatic rings. The number of aliphatic hydroxyl groups is 1. The van der Waals surface area contributed by atoms with Gasteiger partial charge in [0.1, 0.15) is 17.4 Å². The van der Waals surface area contributed by atoms with Crippen LogP contribution in [0.4, 0.5) is 17.6 Å². The first-order valence-corrected chi connectivity index (χ1v) is 7.28. The van der Waals surface area contributed by atoms with Crippen LogP contribution in [-0.2, 0) is 0 Å². The van der Waals surface area contributed by atoms with Gasteiger partial charge in [0, 0.05) is 24.2 Å². The Labute approximate surface area is 136 Å². The third kappa shape index (κ3) is 4.94. The number of rotatable bonds is 7. The first-order chi connectivity index (χ1) is 11.4. The summed E-state index contributed by atoms with van der Waals surface area (Å²) in [5.41, 5.74) is 0.778. The van der Waals surface area contributed by atoms with Crippen molar-refractivity contribution in [1.82, 2.24) is 5.32 Å². The minimum Gasteiger partial charge on any atom is -0.435 e. The van der Waals surface area contributed by atoms with Gasteiger partial charge in [0.2, 0.25) is 0 Å². The molecule has 2 aromatic carbocycles. The molecule has 3 nitrogen and oxygen atoms in total. The Balaban J connectivity index is 1.93. The van der Waals surface area contributed by atoms with Crippen LogP contribution in [0.1, 0.15) is 30.2 Å². The van der Waals surface area contributed by atoms with Crippen molar-refractivity contribution in [1.29, 1.82) is 0 Å². The Bertz CT molecular complexity index is 664. The van der Waals surface area contributed by atoms with Gasteiger partial charge < -0.3 is 15.2 Å². The van der Waals surface area contributed by atoms with Crippen molar-refractivity contribution in [2.24, 2.45) is 0 Å². The maximum atomic E-state index is 13.7. The summed E-state index contributed by atoms with van der Waals surface area (Å²) < 4.78 is 54.9. The molecule has 0 aliphatic rings. The Morgan fingerprint density at radius 1 is 1.08 bits per heavy atom. The molecule has 2 unspecified atom stereocenters. The number of aliphatic hydroxyl groups excluding tert-OH is 1. The van der Waals surface area contributed by atoms with Gasteiger partial charge in [-0.05, 0) is 30.7 Å². The number of hydrogen-bond donors (Lipinski definition) is 2. The van der Waals surface area contributed by atoms with Crippen molar-refractivity contribution in [3.8, 4) is 5.75 Å². The Morgan fingerprint density at radius 2 is 1.75 bits per heavy atom. The summed E-state index contributed by atoms with van der Waals surface area (Å²) in [6.45, 7) is -1.12. The van der Waals surface area contributed by atoms with Crippen LogP contribution in [0.25, 0.3) is 0 Å². The lowest BCUT2D eigenvalue weighted by atomic mass is 10.1. The molecule has 130 valence electrons. The highest BCUT2D eigenvalue weighted by Gasteiger charge is 2.14. The molecule has 0 amide bonds. The molecule has 0 aromatic heterocycles. The third-order valence-corrected chi connectivity index (χ3v) is 3.54. The average molecular weight is 343 g/mol. The lowest BCUT2D eigenvalue weighted by Crippen LogP contribution is -2.25. The van der Waals surface area contributed by atoms with E-state index in [1.165, 1.54) is 30.3 Å². The molecule has 7 heteroatoms. The Morgan fingerprint density at radius 3 is 2.33 bits per heavy atom. The molecular formula is C17H17F4NO2. The summed E-state index contributed by atoms with van der Waals surface area (Å²) in [5.74, 6) is -1.33. The van der Waals surface area contributed by atoms with Crippen molar-refractivity contribution >= 4 is 0 Å². The maximum Gasteiger partial charge on any atom is 0.387 e. The molecule has 0 spiro atoms. The van der Waals surface area contributed by atoms with Crippen LogP contribution in [0.2, 0.25) is 0 Å². The van der Waals surface area contributed by atoms with E-state index in [9.17, 15) is 22.7 Å². The summed E-state index contributed by atoms with van der Waals surface area (Å²) in [6, 6.07) is 8.44. The monoisotopic (exact) mass is 343 g/mol. The van der Waals surface area contributed by atoms with Gasteiger partial charge in [-0.25, -0.2) is 8.78 Å². The van der Waals surface area contributed by atoms with Crippen LogP contribution in [0, 0.1) is 11.6 Å². The van der Waals surface area contributed by atoms with Crippen LogP contribution in [0.3, 0.4) is 0 Å². The molecule has 2 atom stereocenters. The molecule has 0 fully saturated rings. The fraction of sp³-hybridized carbons (Fsp3) is 0.294. The number of hydrogen-bond acceptors (Lipinski definition) is 3. The van der Waals surface area contributed by atoms with Crippen LogP contribution in [-0.4, -0.2) is 18.3 Å². The zero-order valence-electron chi connectivity index (χ0n) is 12.8. The van der Waals surface area contributed by atoms with Gasteiger partial charge in [-0.1, -0.05) is 18.2 Å². The summed E-state index contributed by atoms with van der Waals surface area (Å²) in [6.07, 6.45) is -0.920. The third-order valence-electron chi connectivity index (χ3n) is 3.54. The van der Waals surface area contributed by atoms with Crippen molar-refractivity contribution in [3.05, 3.63) is 65.2 Å². The van der Waals surface area contributed by atoms with Gasteiger partial charge in [0.05, 0.1) is 6.10 Å². The van der Waals surface area contributed by atoms with E-state index < -0.39 is 30.4 Å². The first kappa shape index (κ1) is 18.2. The zero-order valence-corrected chi connectivity index (χ0v) is 12.8. The highest BCUT2D eigenvalue weighted by molar-refractivity contribution is 5.29. The van der Waals surface area contributed by atoms with Crippen molar-refractivity contribution < 1.29 is 27.4 Å². The van der Waals surface area contributed by atoms with Crippen LogP contribution in [0.5, 0.6) is 5.75 Å². The second-order valence-electron chi connectivity index (χ2n) is 5.26. The van der Waals surface area contributed by atoms with Gasteiger partial charge in [-0.3, -0.25) is 0 Å². The van der Waals surface area contributed by atoms with E-state index in [0.717, 1.165) is 12.1 Å². The number of halogens is 4. The molecule has 0 aliphatic heterocycles. The molecule has 0 aliphatic carbocycles. The molecule has 2 rings (SSSR count). The van der Waals surface area contributed by atoms with Gasteiger partial charge in [0.15, 0.2) is 0 Å². The summed E-state index contributed by atoms with van der Waals surface area (Å²) in [7, 11) is 0. The normalized spacial score (nSPS) is 13.8. The SMILES string of the molecule is CC(NCC(O)c1ccc(OC(F)F)cc1)c1ccc(F)cc1F. The van der Waals surface area contributed by atoms with E-state index in [4.69, 9.17) is 0 Å². The second kappa shape index (κ2) is 8.12. The summed E-state index contributed by atoms with van der Waals surface area (Å²) >= 11 is 0. The van der Waals surface area contributed by atoms with Crippen molar-refractivity contribution in [2.45, 2.75) is 25.7 Å². The molecular weight excluding hydrogens is 326 g/mol. The van der Waals surface area contributed by atoms with Crippen LogP contribution >= 0.6 is 0 Å². The standard InChI is InChI=1S/C17H17F4NO2/c1-10(14-7-4-12(18)8-15(14)19)22-9-16(23)11-2-5-13(6-3-11)24-17(20)21/h2-8,10,16-17,22-23H,9H2,1H3. The smallest absolute Gasteiger partial charge is 0.387 e. The van der Waals surface area contributed by atoms with Gasteiger partial charge in [0.25, 0.3) is 0 Å². The van der Waals surface area contributed by atoms with Gasteiger partial charge in [-0.15, -0.1) is 0 Å². The lowest BCUT2D eigenvalue weighted by molar-refractivity contribution is -0.0498. The first-order valence-electron chi connectivity index (χ1n) is 7.28. The van der Waals surface area contributed by atoms with E-state index in [1.807, 2.05) is 0 Å². The molecule has 2 N–H and O–H groups in total. The predicted molar refractivity (Wildman–Crippen MR) is 80.8 cm³/mol. The summed E-state index contributed by atoms with van der Waals surface area (Å²) in [5, 5.41) is 13.0.